The zero-order chi connectivity index (χ0) is 12.9. The number of carboxylic acid groups (broad SMARTS) is 1. The summed E-state index contributed by atoms with van der Waals surface area (Å²) in [5.74, 6) is -1.00. The Morgan fingerprint density at radius 2 is 1.88 bits per heavy atom. The van der Waals surface area contributed by atoms with Gasteiger partial charge >= 0.3 is 12.0 Å². The van der Waals surface area contributed by atoms with E-state index in [0.29, 0.717) is 0 Å². The van der Waals surface area contributed by atoms with Crippen LogP contribution in [0.2, 0.25) is 0 Å². The molecule has 0 bridgehead atoms. The molecule has 0 aliphatic heterocycles. The number of urea groups is 1. The van der Waals surface area contributed by atoms with Crippen molar-refractivity contribution in [3.8, 4) is 0 Å². The SMILES string of the molecule is CCC(C)(C)NC(=O)N(CC(=O)O)C(C)C. The summed E-state index contributed by atoms with van der Waals surface area (Å²) in [5.41, 5.74) is -0.317. The van der Waals surface area contributed by atoms with E-state index >= 15 is 0 Å². The maximum Gasteiger partial charge on any atom is 0.323 e. The van der Waals surface area contributed by atoms with Crippen LogP contribution in [0.1, 0.15) is 41.0 Å². The minimum absolute atomic E-state index is 0.135. The van der Waals surface area contributed by atoms with Crippen LogP contribution in [0.3, 0.4) is 0 Å². The van der Waals surface area contributed by atoms with Crippen molar-refractivity contribution in [3.63, 3.8) is 0 Å². The highest BCUT2D eigenvalue weighted by atomic mass is 16.4. The molecule has 0 spiro atoms. The largest absolute Gasteiger partial charge is 0.480 e. The Bertz CT molecular complexity index is 262. The molecule has 0 aliphatic rings. The molecular weight excluding hydrogens is 208 g/mol. The number of hydrogen-bond donors (Lipinski definition) is 2. The maximum atomic E-state index is 11.8. The molecule has 0 aromatic rings. The van der Waals surface area contributed by atoms with Crippen molar-refractivity contribution in [2.24, 2.45) is 0 Å². The van der Waals surface area contributed by atoms with E-state index in [2.05, 4.69) is 5.32 Å². The third-order valence-electron chi connectivity index (χ3n) is 2.52. The topological polar surface area (TPSA) is 69.6 Å². The first-order valence-corrected chi connectivity index (χ1v) is 5.50. The minimum atomic E-state index is -1.00. The highest BCUT2D eigenvalue weighted by molar-refractivity contribution is 5.80. The van der Waals surface area contributed by atoms with Gasteiger partial charge in [0.05, 0.1) is 0 Å². The molecule has 0 heterocycles. The van der Waals surface area contributed by atoms with E-state index in [9.17, 15) is 9.59 Å². The van der Waals surface area contributed by atoms with Crippen molar-refractivity contribution >= 4 is 12.0 Å². The molecule has 0 saturated heterocycles. The van der Waals surface area contributed by atoms with Crippen molar-refractivity contribution in [1.82, 2.24) is 10.2 Å². The van der Waals surface area contributed by atoms with E-state index in [-0.39, 0.29) is 24.2 Å². The average Bonchev–Trinajstić information content (AvgIpc) is 2.12. The van der Waals surface area contributed by atoms with Crippen LogP contribution < -0.4 is 5.32 Å². The van der Waals surface area contributed by atoms with Crippen molar-refractivity contribution in [3.05, 3.63) is 0 Å². The van der Waals surface area contributed by atoms with Gasteiger partial charge in [0.25, 0.3) is 0 Å². The van der Waals surface area contributed by atoms with E-state index in [0.717, 1.165) is 6.42 Å². The number of nitrogens with zero attached hydrogens (tertiary/aromatic N) is 1. The van der Waals surface area contributed by atoms with Gasteiger partial charge in [0.1, 0.15) is 6.54 Å². The van der Waals surface area contributed by atoms with Crippen molar-refractivity contribution < 1.29 is 14.7 Å². The van der Waals surface area contributed by atoms with Crippen LogP contribution in [-0.2, 0) is 4.79 Å². The molecule has 5 heteroatoms. The second-order valence-corrected chi connectivity index (χ2v) is 4.78. The summed E-state index contributed by atoms with van der Waals surface area (Å²) >= 11 is 0. The predicted molar refractivity (Wildman–Crippen MR) is 62.4 cm³/mol. The molecule has 0 aromatic carbocycles. The lowest BCUT2D eigenvalue weighted by Crippen LogP contribution is -2.53. The Labute approximate surface area is 96.8 Å². The second-order valence-electron chi connectivity index (χ2n) is 4.78. The highest BCUT2D eigenvalue weighted by Crippen LogP contribution is 2.09. The standard InChI is InChI=1S/C11H22N2O3/c1-6-11(4,5)12-10(16)13(8(2)3)7-9(14)15/h8H,6-7H2,1-5H3,(H,12,16)(H,14,15). The molecule has 0 saturated carbocycles. The van der Waals surface area contributed by atoms with Gasteiger partial charge in [-0.15, -0.1) is 0 Å². The summed E-state index contributed by atoms with van der Waals surface area (Å²) in [7, 11) is 0. The molecule has 0 rings (SSSR count). The minimum Gasteiger partial charge on any atom is -0.480 e. The fourth-order valence-electron chi connectivity index (χ4n) is 1.08. The zero-order valence-corrected chi connectivity index (χ0v) is 10.7. The molecule has 16 heavy (non-hydrogen) atoms. The van der Waals surface area contributed by atoms with Gasteiger partial charge in [-0.1, -0.05) is 6.92 Å². The van der Waals surface area contributed by atoms with Crippen molar-refractivity contribution in [2.45, 2.75) is 52.6 Å². The number of carbonyl (C=O) groups is 2. The molecular formula is C11H22N2O3. The van der Waals surface area contributed by atoms with Crippen LogP contribution in [0.5, 0.6) is 0 Å². The summed E-state index contributed by atoms with van der Waals surface area (Å²) in [6, 6.07) is -0.465. The molecule has 5 nitrogen and oxygen atoms in total. The fraction of sp³-hybridized carbons (Fsp3) is 0.818. The van der Waals surface area contributed by atoms with E-state index in [1.54, 1.807) is 13.8 Å². The molecule has 0 fully saturated rings. The second kappa shape index (κ2) is 5.72. The summed E-state index contributed by atoms with van der Waals surface area (Å²) in [4.78, 5) is 23.8. The van der Waals surface area contributed by atoms with Gasteiger partial charge < -0.3 is 15.3 Å². The molecule has 0 atom stereocenters. The average molecular weight is 230 g/mol. The maximum absolute atomic E-state index is 11.8. The molecule has 0 radical (unpaired) electrons. The number of carbonyl (C=O) groups excluding carboxylic acids is 1. The van der Waals surface area contributed by atoms with Crippen LogP contribution >= 0.6 is 0 Å². The summed E-state index contributed by atoms with van der Waals surface area (Å²) in [6.45, 7) is 9.10. The Morgan fingerprint density at radius 1 is 1.38 bits per heavy atom. The van der Waals surface area contributed by atoms with E-state index in [1.807, 2.05) is 20.8 Å². The molecule has 2 N–H and O–H groups in total. The van der Waals surface area contributed by atoms with Gasteiger partial charge in [-0.3, -0.25) is 4.79 Å². The highest BCUT2D eigenvalue weighted by Gasteiger charge is 2.25. The first-order chi connectivity index (χ1) is 7.19. The molecule has 94 valence electrons. The monoisotopic (exact) mass is 230 g/mol. The number of carboxylic acids is 1. The van der Waals surface area contributed by atoms with Crippen molar-refractivity contribution in [1.29, 1.82) is 0 Å². The quantitative estimate of drug-likeness (QED) is 0.755. The van der Waals surface area contributed by atoms with Crippen LogP contribution in [0.15, 0.2) is 0 Å². The third kappa shape index (κ3) is 5.00. The predicted octanol–water partition coefficient (Wildman–Crippen LogP) is 1.68. The molecule has 0 unspecified atom stereocenters. The van der Waals surface area contributed by atoms with E-state index < -0.39 is 5.97 Å². The Balaban J connectivity index is 4.57. The first kappa shape index (κ1) is 14.7. The lowest BCUT2D eigenvalue weighted by molar-refractivity contribution is -0.138. The Hall–Kier alpha value is -1.26. The number of hydrogen-bond acceptors (Lipinski definition) is 2. The van der Waals surface area contributed by atoms with Crippen LogP contribution in [0, 0.1) is 0 Å². The summed E-state index contributed by atoms with van der Waals surface area (Å²) in [6.07, 6.45) is 0.789. The number of nitrogens with one attached hydrogen (secondary N) is 1. The Kier molecular flexibility index (Phi) is 5.27. The fourth-order valence-corrected chi connectivity index (χ4v) is 1.08. The van der Waals surface area contributed by atoms with E-state index in [4.69, 9.17) is 5.11 Å². The first-order valence-electron chi connectivity index (χ1n) is 5.50. The third-order valence-corrected chi connectivity index (χ3v) is 2.52. The Morgan fingerprint density at radius 3 is 2.19 bits per heavy atom. The summed E-state index contributed by atoms with van der Waals surface area (Å²) < 4.78 is 0. The zero-order valence-electron chi connectivity index (χ0n) is 10.7. The van der Waals surface area contributed by atoms with Gasteiger partial charge in [-0.25, -0.2) is 4.79 Å². The number of aliphatic carboxylic acids is 1. The van der Waals surface area contributed by atoms with Crippen LogP contribution in [-0.4, -0.2) is 40.1 Å². The van der Waals surface area contributed by atoms with Crippen LogP contribution in [0.25, 0.3) is 0 Å². The molecule has 0 aliphatic carbocycles. The van der Waals surface area contributed by atoms with Gasteiger partial charge in [0, 0.05) is 11.6 Å². The van der Waals surface area contributed by atoms with Crippen LogP contribution in [0.4, 0.5) is 4.79 Å². The molecule has 0 aromatic heterocycles. The number of amides is 2. The normalized spacial score (nSPS) is 11.4. The summed E-state index contributed by atoms with van der Waals surface area (Å²) in [5, 5.41) is 11.5. The van der Waals surface area contributed by atoms with Crippen molar-refractivity contribution in [2.75, 3.05) is 6.54 Å². The van der Waals surface area contributed by atoms with Gasteiger partial charge in [-0.05, 0) is 34.1 Å². The lowest BCUT2D eigenvalue weighted by Gasteiger charge is -2.31. The van der Waals surface area contributed by atoms with E-state index in [1.165, 1.54) is 4.90 Å². The van der Waals surface area contributed by atoms with Gasteiger partial charge in [0.15, 0.2) is 0 Å². The lowest BCUT2D eigenvalue weighted by atomic mass is 10.0. The molecule has 2 amide bonds. The smallest absolute Gasteiger partial charge is 0.323 e. The number of rotatable bonds is 5. The van der Waals surface area contributed by atoms with Gasteiger partial charge in [0.2, 0.25) is 0 Å². The van der Waals surface area contributed by atoms with Gasteiger partial charge in [-0.2, -0.15) is 0 Å².